The van der Waals surface area contributed by atoms with E-state index in [1.807, 2.05) is 0 Å². The summed E-state index contributed by atoms with van der Waals surface area (Å²) >= 11 is 0. The molecule has 2 rings (SSSR count). The van der Waals surface area contributed by atoms with Gasteiger partial charge in [-0.3, -0.25) is 9.98 Å². The highest BCUT2D eigenvalue weighted by molar-refractivity contribution is 6.08. The number of aromatic nitrogens is 2. The van der Waals surface area contributed by atoms with E-state index in [1.165, 1.54) is 26.2 Å². The maximum atomic E-state index is 13.5. The number of hydrogen-bond acceptors (Lipinski definition) is 3. The average Bonchev–Trinajstić information content (AvgIpc) is 2.95. The smallest absolute Gasteiger partial charge is 0.387 e. The highest BCUT2D eigenvalue weighted by Gasteiger charge is 2.34. The Morgan fingerprint density at radius 1 is 1.27 bits per heavy atom. The van der Waals surface area contributed by atoms with Gasteiger partial charge in [0.15, 0.2) is 0 Å². The molecule has 0 fully saturated rings. The Hall–Kier alpha value is -2.52. The van der Waals surface area contributed by atoms with Crippen molar-refractivity contribution in [1.29, 1.82) is 0 Å². The Kier molecular flexibility index (Phi) is 5.33. The number of H-pyrrole nitrogens is 1. The molecule has 0 spiro atoms. The van der Waals surface area contributed by atoms with Crippen LogP contribution >= 0.6 is 0 Å². The van der Waals surface area contributed by atoms with E-state index in [9.17, 15) is 22.0 Å². The van der Waals surface area contributed by atoms with Crippen LogP contribution in [0, 0.1) is 5.92 Å². The molecule has 0 aromatic carbocycles. The number of nitrogens with two attached hydrogens (primary N) is 1. The molecule has 0 bridgehead atoms. The first-order valence-electron chi connectivity index (χ1n) is 7.63. The summed E-state index contributed by atoms with van der Waals surface area (Å²) in [4.78, 5) is 13.7. The van der Waals surface area contributed by atoms with E-state index in [0.29, 0.717) is 5.56 Å². The number of halogens is 5. The van der Waals surface area contributed by atoms with Crippen LogP contribution in [-0.4, -0.2) is 34.5 Å². The first-order valence-corrected chi connectivity index (χ1v) is 7.63. The fourth-order valence-electron chi connectivity index (χ4n) is 2.53. The van der Waals surface area contributed by atoms with Crippen molar-refractivity contribution in [3.8, 4) is 0 Å². The fourth-order valence-corrected chi connectivity index (χ4v) is 2.53. The molecule has 0 saturated carbocycles. The molecule has 2 aromatic heterocycles. The van der Waals surface area contributed by atoms with Crippen LogP contribution in [0.5, 0.6) is 0 Å². The number of aliphatic imine (C=N–C) groups is 2. The number of fused-ring (bicyclic) bond motifs is 1. The van der Waals surface area contributed by atoms with Crippen molar-refractivity contribution < 1.29 is 22.0 Å². The molecular weight excluding hydrogens is 357 g/mol. The molecule has 26 heavy (non-hydrogen) atoms. The fraction of sp³-hybridized carbons (Fsp3) is 0.438. The number of amidine groups is 1. The normalized spacial score (nSPS) is 15.5. The van der Waals surface area contributed by atoms with E-state index < -0.39 is 29.4 Å². The van der Waals surface area contributed by atoms with Gasteiger partial charge in [-0.15, -0.1) is 0 Å². The predicted octanol–water partition coefficient (Wildman–Crippen LogP) is 3.80. The highest BCUT2D eigenvalue weighted by Crippen LogP contribution is 2.30. The number of nitrogens with zero attached hydrogens (tertiary/aromatic N) is 3. The molecule has 10 heteroatoms. The molecule has 2 heterocycles. The van der Waals surface area contributed by atoms with Gasteiger partial charge in [0.1, 0.15) is 17.2 Å². The standard InChI is InChI=1S/C16H18F5N5/c1-8(12(23-3)15(2,17)18)13(22)24-6-9-4-10-5-11(16(19,20)21)26-14(10)25-7-9/h4-5,7-8H,6H2,1-3H3,(H2,22,24)(H,25,26). The van der Waals surface area contributed by atoms with Crippen molar-refractivity contribution in [2.45, 2.75) is 32.5 Å². The van der Waals surface area contributed by atoms with Gasteiger partial charge in [-0.05, 0) is 24.6 Å². The Morgan fingerprint density at radius 2 is 1.92 bits per heavy atom. The molecule has 3 N–H and O–H groups in total. The van der Waals surface area contributed by atoms with Crippen LogP contribution in [0.2, 0.25) is 0 Å². The lowest BCUT2D eigenvalue weighted by atomic mass is 9.99. The van der Waals surface area contributed by atoms with Gasteiger partial charge in [0.25, 0.3) is 5.92 Å². The van der Waals surface area contributed by atoms with Gasteiger partial charge in [0.05, 0.1) is 18.2 Å². The molecule has 1 unspecified atom stereocenters. The summed E-state index contributed by atoms with van der Waals surface area (Å²) in [6.45, 7) is 2.18. The average molecular weight is 375 g/mol. The lowest BCUT2D eigenvalue weighted by Crippen LogP contribution is -2.38. The molecular formula is C16H18F5N5. The number of nitrogens with one attached hydrogen (secondary N) is 1. The van der Waals surface area contributed by atoms with Gasteiger partial charge in [-0.2, -0.15) is 13.2 Å². The predicted molar refractivity (Wildman–Crippen MR) is 89.6 cm³/mol. The summed E-state index contributed by atoms with van der Waals surface area (Å²) in [6.07, 6.45) is -3.15. The molecule has 2 aromatic rings. The van der Waals surface area contributed by atoms with Crippen molar-refractivity contribution in [2.75, 3.05) is 7.05 Å². The minimum atomic E-state index is -4.50. The number of pyridine rings is 1. The van der Waals surface area contributed by atoms with Gasteiger partial charge >= 0.3 is 6.18 Å². The van der Waals surface area contributed by atoms with E-state index in [1.54, 1.807) is 0 Å². The van der Waals surface area contributed by atoms with Crippen LogP contribution in [0.15, 0.2) is 28.3 Å². The van der Waals surface area contributed by atoms with Gasteiger partial charge in [-0.1, -0.05) is 0 Å². The number of hydrogen-bond donors (Lipinski definition) is 2. The zero-order valence-electron chi connectivity index (χ0n) is 14.3. The Bertz CT molecular complexity index is 845. The summed E-state index contributed by atoms with van der Waals surface area (Å²) in [5, 5.41) is 0.271. The van der Waals surface area contributed by atoms with Gasteiger partial charge in [0, 0.05) is 25.6 Å². The van der Waals surface area contributed by atoms with Crippen LogP contribution in [0.4, 0.5) is 22.0 Å². The van der Waals surface area contributed by atoms with Gasteiger partial charge in [0.2, 0.25) is 0 Å². The van der Waals surface area contributed by atoms with Crippen molar-refractivity contribution in [3.63, 3.8) is 0 Å². The van der Waals surface area contributed by atoms with Crippen molar-refractivity contribution >= 4 is 22.6 Å². The lowest BCUT2D eigenvalue weighted by Gasteiger charge is -2.19. The summed E-state index contributed by atoms with van der Waals surface area (Å²) < 4.78 is 65.1. The summed E-state index contributed by atoms with van der Waals surface area (Å²) in [5.41, 5.74) is 5.07. The van der Waals surface area contributed by atoms with Gasteiger partial charge in [-0.25, -0.2) is 13.8 Å². The maximum absolute atomic E-state index is 13.5. The summed E-state index contributed by atoms with van der Waals surface area (Å²) in [6, 6.07) is 2.43. The lowest BCUT2D eigenvalue weighted by molar-refractivity contribution is -0.140. The molecule has 0 aliphatic rings. The van der Waals surface area contributed by atoms with Crippen LogP contribution < -0.4 is 5.73 Å². The maximum Gasteiger partial charge on any atom is 0.431 e. The molecule has 142 valence electrons. The van der Waals surface area contributed by atoms with E-state index in [4.69, 9.17) is 5.73 Å². The minimum absolute atomic E-state index is 0.00206. The molecule has 0 amide bonds. The summed E-state index contributed by atoms with van der Waals surface area (Å²) in [7, 11) is 1.25. The summed E-state index contributed by atoms with van der Waals surface area (Å²) in [5.74, 6) is -4.05. The van der Waals surface area contributed by atoms with Crippen LogP contribution in [0.1, 0.15) is 25.1 Å². The zero-order chi connectivity index (χ0) is 19.7. The number of rotatable bonds is 5. The largest absolute Gasteiger partial charge is 0.431 e. The monoisotopic (exact) mass is 375 g/mol. The molecule has 0 saturated heterocycles. The Morgan fingerprint density at radius 3 is 2.46 bits per heavy atom. The first kappa shape index (κ1) is 19.8. The number of aromatic amines is 1. The molecule has 5 nitrogen and oxygen atoms in total. The van der Waals surface area contributed by atoms with Crippen LogP contribution in [-0.2, 0) is 12.7 Å². The zero-order valence-corrected chi connectivity index (χ0v) is 14.3. The molecule has 0 aliphatic heterocycles. The first-order chi connectivity index (χ1) is 11.9. The number of alkyl halides is 5. The second-order valence-electron chi connectivity index (χ2n) is 5.92. The van der Waals surface area contributed by atoms with Crippen molar-refractivity contribution in [3.05, 3.63) is 29.6 Å². The minimum Gasteiger partial charge on any atom is -0.387 e. The SMILES string of the molecule is CN=C(C(C)C(N)=NCc1cnc2[nH]c(C(F)(F)F)cc2c1)C(C)(F)F. The Balaban J connectivity index is 2.21. The van der Waals surface area contributed by atoms with E-state index in [-0.39, 0.29) is 23.4 Å². The third kappa shape index (κ3) is 4.36. The third-order valence-electron chi connectivity index (χ3n) is 3.82. The van der Waals surface area contributed by atoms with E-state index >= 15 is 0 Å². The van der Waals surface area contributed by atoms with Crippen LogP contribution in [0.25, 0.3) is 11.0 Å². The molecule has 0 radical (unpaired) electrons. The Labute approximate surface area is 146 Å². The van der Waals surface area contributed by atoms with E-state index in [0.717, 1.165) is 13.0 Å². The molecule has 1 atom stereocenters. The molecule has 0 aliphatic carbocycles. The van der Waals surface area contributed by atoms with Crippen molar-refractivity contribution in [1.82, 2.24) is 9.97 Å². The second-order valence-corrected chi connectivity index (χ2v) is 5.92. The topological polar surface area (TPSA) is 79.4 Å². The van der Waals surface area contributed by atoms with E-state index in [2.05, 4.69) is 20.0 Å². The van der Waals surface area contributed by atoms with Crippen molar-refractivity contribution in [2.24, 2.45) is 21.6 Å². The second kappa shape index (κ2) is 7.00. The highest BCUT2D eigenvalue weighted by atomic mass is 19.4. The quantitative estimate of drug-likeness (QED) is 0.474. The van der Waals surface area contributed by atoms with Gasteiger partial charge < -0.3 is 10.7 Å². The third-order valence-corrected chi connectivity index (χ3v) is 3.82. The van der Waals surface area contributed by atoms with Crippen LogP contribution in [0.3, 0.4) is 0 Å².